The lowest BCUT2D eigenvalue weighted by Crippen LogP contribution is -2.45. The van der Waals surface area contributed by atoms with Crippen LogP contribution in [0.25, 0.3) is 0 Å². The molecule has 4 heteroatoms. The van der Waals surface area contributed by atoms with Gasteiger partial charge >= 0.3 is 0 Å². The fourth-order valence-corrected chi connectivity index (χ4v) is 3.00. The third kappa shape index (κ3) is 3.74. The van der Waals surface area contributed by atoms with E-state index in [1.807, 2.05) is 13.0 Å². The van der Waals surface area contributed by atoms with Crippen LogP contribution in [-0.4, -0.2) is 25.0 Å². The van der Waals surface area contributed by atoms with Gasteiger partial charge in [0.05, 0.1) is 5.69 Å². The Hall–Kier alpha value is -1.58. The molecule has 0 radical (unpaired) electrons. The molecular formula is C17H23FN2O. The van der Waals surface area contributed by atoms with Gasteiger partial charge in [-0.3, -0.25) is 4.79 Å². The molecule has 0 spiro atoms. The minimum absolute atomic E-state index is 0.156. The Kier molecular flexibility index (Phi) is 4.13. The molecule has 1 aliphatic heterocycles. The summed E-state index contributed by atoms with van der Waals surface area (Å²) in [5.74, 6) is 0.668. The summed E-state index contributed by atoms with van der Waals surface area (Å²) in [5.41, 5.74) is 1.77. The molecule has 1 amide bonds. The number of amides is 1. The summed E-state index contributed by atoms with van der Waals surface area (Å²) in [6.45, 7) is 3.58. The Morgan fingerprint density at radius 2 is 2.00 bits per heavy atom. The molecule has 2 fully saturated rings. The van der Waals surface area contributed by atoms with Gasteiger partial charge in [-0.05, 0) is 56.2 Å². The monoisotopic (exact) mass is 290 g/mol. The summed E-state index contributed by atoms with van der Waals surface area (Å²) < 4.78 is 13.9. The van der Waals surface area contributed by atoms with Gasteiger partial charge < -0.3 is 10.2 Å². The van der Waals surface area contributed by atoms with Gasteiger partial charge in [0, 0.05) is 25.6 Å². The number of anilines is 1. The van der Waals surface area contributed by atoms with Crippen molar-refractivity contribution in [2.45, 2.75) is 45.1 Å². The molecule has 1 saturated carbocycles. The summed E-state index contributed by atoms with van der Waals surface area (Å²) in [7, 11) is 0. The summed E-state index contributed by atoms with van der Waals surface area (Å²) in [5, 5.41) is 3.13. The molecule has 1 saturated heterocycles. The number of hydrogen-bond donors (Lipinski definition) is 1. The van der Waals surface area contributed by atoms with Crippen LogP contribution < -0.4 is 10.2 Å². The van der Waals surface area contributed by atoms with E-state index in [2.05, 4.69) is 10.2 Å². The molecule has 21 heavy (non-hydrogen) atoms. The highest BCUT2D eigenvalue weighted by Crippen LogP contribution is 2.32. The number of hydrogen-bond acceptors (Lipinski definition) is 2. The molecule has 3 rings (SSSR count). The predicted molar refractivity (Wildman–Crippen MR) is 81.9 cm³/mol. The van der Waals surface area contributed by atoms with Gasteiger partial charge in [0.25, 0.3) is 0 Å². The average molecular weight is 290 g/mol. The molecule has 0 bridgehead atoms. The summed E-state index contributed by atoms with van der Waals surface area (Å²) in [4.78, 5) is 13.9. The first-order valence-corrected chi connectivity index (χ1v) is 7.92. The van der Waals surface area contributed by atoms with Crippen LogP contribution in [-0.2, 0) is 4.79 Å². The van der Waals surface area contributed by atoms with Crippen molar-refractivity contribution < 1.29 is 9.18 Å². The Morgan fingerprint density at radius 1 is 1.29 bits per heavy atom. The molecule has 1 aromatic rings. The van der Waals surface area contributed by atoms with Crippen molar-refractivity contribution >= 4 is 11.6 Å². The quantitative estimate of drug-likeness (QED) is 0.924. The number of carbonyl (C=O) groups is 1. The zero-order valence-electron chi connectivity index (χ0n) is 12.6. The van der Waals surface area contributed by atoms with Gasteiger partial charge in [-0.2, -0.15) is 0 Å². The number of carbonyl (C=O) groups excluding carboxylic acids is 1. The van der Waals surface area contributed by atoms with Crippen molar-refractivity contribution in [2.75, 3.05) is 18.0 Å². The normalized spacial score (nSPS) is 19.6. The molecule has 1 aliphatic carbocycles. The van der Waals surface area contributed by atoms with Gasteiger partial charge in [0.1, 0.15) is 5.82 Å². The lowest BCUT2D eigenvalue weighted by atomic mass is 10.0. The van der Waals surface area contributed by atoms with E-state index in [-0.39, 0.29) is 17.8 Å². The predicted octanol–water partition coefficient (Wildman–Crippen LogP) is 3.02. The second-order valence-electron chi connectivity index (χ2n) is 6.43. The number of rotatable bonds is 4. The molecule has 0 unspecified atom stereocenters. The van der Waals surface area contributed by atoms with E-state index in [9.17, 15) is 9.18 Å². The molecular weight excluding hydrogens is 267 g/mol. The Morgan fingerprint density at radius 3 is 2.67 bits per heavy atom. The highest BCUT2D eigenvalue weighted by Gasteiger charge is 2.27. The number of nitrogens with one attached hydrogen (secondary N) is 1. The minimum Gasteiger partial charge on any atom is -0.369 e. The highest BCUT2D eigenvalue weighted by molar-refractivity contribution is 5.76. The number of halogens is 1. The van der Waals surface area contributed by atoms with Gasteiger partial charge in [0.2, 0.25) is 5.91 Å². The summed E-state index contributed by atoms with van der Waals surface area (Å²) in [6, 6.07) is 5.49. The summed E-state index contributed by atoms with van der Waals surface area (Å²) >= 11 is 0. The van der Waals surface area contributed by atoms with Crippen molar-refractivity contribution in [3.05, 3.63) is 29.6 Å². The van der Waals surface area contributed by atoms with Crippen LogP contribution in [0.2, 0.25) is 0 Å². The van der Waals surface area contributed by atoms with Gasteiger partial charge in [-0.1, -0.05) is 6.07 Å². The average Bonchev–Trinajstić information content (AvgIpc) is 3.26. The fraction of sp³-hybridized carbons (Fsp3) is 0.588. The number of nitrogens with zero attached hydrogens (tertiary/aromatic N) is 1. The van der Waals surface area contributed by atoms with Gasteiger partial charge in [-0.25, -0.2) is 4.39 Å². The van der Waals surface area contributed by atoms with Crippen molar-refractivity contribution in [1.29, 1.82) is 0 Å². The van der Waals surface area contributed by atoms with E-state index < -0.39 is 0 Å². The number of benzene rings is 1. The third-order valence-corrected chi connectivity index (χ3v) is 4.47. The second kappa shape index (κ2) is 6.04. The number of aryl methyl sites for hydroxylation is 1. The molecule has 1 N–H and O–H groups in total. The Balaban J connectivity index is 1.52. The molecule has 2 aliphatic rings. The molecule has 1 heterocycles. The molecule has 114 valence electrons. The third-order valence-electron chi connectivity index (χ3n) is 4.47. The van der Waals surface area contributed by atoms with Crippen molar-refractivity contribution in [2.24, 2.45) is 5.92 Å². The first-order valence-electron chi connectivity index (χ1n) is 7.92. The van der Waals surface area contributed by atoms with Gasteiger partial charge in [-0.15, -0.1) is 0 Å². The molecule has 0 aromatic heterocycles. The van der Waals surface area contributed by atoms with E-state index in [1.165, 1.54) is 18.9 Å². The van der Waals surface area contributed by atoms with E-state index in [0.717, 1.165) is 31.5 Å². The van der Waals surface area contributed by atoms with Gasteiger partial charge in [0.15, 0.2) is 0 Å². The SMILES string of the molecule is Cc1ccc(F)c(N2CCC(NC(=O)CC3CC3)CC2)c1. The van der Waals surface area contributed by atoms with E-state index in [1.54, 1.807) is 6.07 Å². The largest absolute Gasteiger partial charge is 0.369 e. The lowest BCUT2D eigenvalue weighted by Gasteiger charge is -2.34. The van der Waals surface area contributed by atoms with Crippen molar-refractivity contribution in [1.82, 2.24) is 5.32 Å². The zero-order chi connectivity index (χ0) is 14.8. The van der Waals surface area contributed by atoms with E-state index in [4.69, 9.17) is 0 Å². The number of piperidine rings is 1. The first kappa shape index (κ1) is 14.4. The zero-order valence-corrected chi connectivity index (χ0v) is 12.6. The Labute approximate surface area is 125 Å². The van der Waals surface area contributed by atoms with E-state index >= 15 is 0 Å². The van der Waals surface area contributed by atoms with Crippen LogP contribution >= 0.6 is 0 Å². The Bertz CT molecular complexity index is 520. The lowest BCUT2D eigenvalue weighted by molar-refractivity contribution is -0.122. The van der Waals surface area contributed by atoms with Crippen LogP contribution in [0.3, 0.4) is 0 Å². The standard InChI is InChI=1S/C17H23FN2O/c1-12-2-5-15(18)16(10-12)20-8-6-14(7-9-20)19-17(21)11-13-3-4-13/h2,5,10,13-14H,3-4,6-9,11H2,1H3,(H,19,21). The van der Waals surface area contributed by atoms with Crippen LogP contribution in [0.5, 0.6) is 0 Å². The maximum absolute atomic E-state index is 13.9. The van der Waals surface area contributed by atoms with Crippen LogP contribution in [0.4, 0.5) is 10.1 Å². The summed E-state index contributed by atoms with van der Waals surface area (Å²) in [6.07, 6.45) is 4.89. The fourth-order valence-electron chi connectivity index (χ4n) is 3.00. The smallest absolute Gasteiger partial charge is 0.220 e. The maximum Gasteiger partial charge on any atom is 0.220 e. The second-order valence-corrected chi connectivity index (χ2v) is 6.43. The van der Waals surface area contributed by atoms with Crippen LogP contribution in [0.1, 0.15) is 37.7 Å². The van der Waals surface area contributed by atoms with Crippen LogP contribution in [0.15, 0.2) is 18.2 Å². The maximum atomic E-state index is 13.9. The minimum atomic E-state index is -0.156. The molecule has 1 aromatic carbocycles. The molecule has 0 atom stereocenters. The molecule has 3 nitrogen and oxygen atoms in total. The van der Waals surface area contributed by atoms with Crippen molar-refractivity contribution in [3.63, 3.8) is 0 Å². The topological polar surface area (TPSA) is 32.3 Å². The van der Waals surface area contributed by atoms with E-state index in [0.29, 0.717) is 18.0 Å². The highest BCUT2D eigenvalue weighted by atomic mass is 19.1. The van der Waals surface area contributed by atoms with Crippen molar-refractivity contribution in [3.8, 4) is 0 Å². The van der Waals surface area contributed by atoms with Crippen LogP contribution in [0, 0.1) is 18.7 Å². The first-order chi connectivity index (χ1) is 10.1.